The van der Waals surface area contributed by atoms with E-state index < -0.39 is 0 Å². The van der Waals surface area contributed by atoms with Crippen LogP contribution in [-0.2, 0) is 12.8 Å². The first kappa shape index (κ1) is 20.3. The summed E-state index contributed by atoms with van der Waals surface area (Å²) >= 11 is 0. The standard InChI is InChI=1S/C24H29N5O/c1-3-16-6-7-17-10-20(26)23(28-21(17)9-16)22(30)11-18-13-27-12-15(2)24(18)29-8-4-5-19(25)14-29/h6-7,9-10,12-13,19H,3-5,8,11,14,25-26H2,1-2H3/t19-/m0/s1. The van der Waals surface area contributed by atoms with Gasteiger partial charge in [0.25, 0.3) is 0 Å². The minimum absolute atomic E-state index is 0.0914. The van der Waals surface area contributed by atoms with Gasteiger partial charge in [-0.25, -0.2) is 4.98 Å². The summed E-state index contributed by atoms with van der Waals surface area (Å²) in [5.41, 5.74) is 18.2. The summed E-state index contributed by atoms with van der Waals surface area (Å²) in [4.78, 5) is 24.5. The second-order valence-corrected chi connectivity index (χ2v) is 8.22. The number of carbonyl (C=O) groups is 1. The monoisotopic (exact) mass is 403 g/mol. The Morgan fingerprint density at radius 3 is 2.87 bits per heavy atom. The van der Waals surface area contributed by atoms with Crippen LogP contribution in [0.3, 0.4) is 0 Å². The van der Waals surface area contributed by atoms with Gasteiger partial charge in [-0.15, -0.1) is 0 Å². The molecule has 1 aliphatic rings. The molecule has 3 heterocycles. The van der Waals surface area contributed by atoms with Gasteiger partial charge in [0.15, 0.2) is 5.78 Å². The molecule has 3 aromatic rings. The van der Waals surface area contributed by atoms with Crippen molar-refractivity contribution in [3.05, 3.63) is 59.0 Å². The summed E-state index contributed by atoms with van der Waals surface area (Å²) < 4.78 is 0. The Balaban J connectivity index is 1.67. The third-order valence-electron chi connectivity index (χ3n) is 5.89. The van der Waals surface area contributed by atoms with Crippen LogP contribution in [0.2, 0.25) is 0 Å². The van der Waals surface area contributed by atoms with Crippen LogP contribution < -0.4 is 16.4 Å². The third-order valence-corrected chi connectivity index (χ3v) is 5.89. The minimum Gasteiger partial charge on any atom is -0.397 e. The van der Waals surface area contributed by atoms with Gasteiger partial charge in [-0.1, -0.05) is 19.1 Å². The highest BCUT2D eigenvalue weighted by Gasteiger charge is 2.23. The number of piperidine rings is 1. The molecule has 0 unspecified atom stereocenters. The first-order valence-electron chi connectivity index (χ1n) is 10.6. The highest BCUT2D eigenvalue weighted by Crippen LogP contribution is 2.29. The van der Waals surface area contributed by atoms with Crippen LogP contribution in [0.4, 0.5) is 11.4 Å². The predicted molar refractivity (Wildman–Crippen MR) is 122 cm³/mol. The van der Waals surface area contributed by atoms with Crippen molar-refractivity contribution in [1.82, 2.24) is 9.97 Å². The lowest BCUT2D eigenvalue weighted by Crippen LogP contribution is -2.43. The quantitative estimate of drug-likeness (QED) is 0.633. The fraction of sp³-hybridized carbons (Fsp3) is 0.375. The second kappa shape index (κ2) is 8.40. The molecule has 6 nitrogen and oxygen atoms in total. The Morgan fingerprint density at radius 1 is 1.27 bits per heavy atom. The maximum absolute atomic E-state index is 13.2. The van der Waals surface area contributed by atoms with Crippen LogP contribution in [-0.4, -0.2) is 34.9 Å². The summed E-state index contributed by atoms with van der Waals surface area (Å²) in [5, 5.41) is 0.946. The largest absolute Gasteiger partial charge is 0.397 e. The van der Waals surface area contributed by atoms with Crippen molar-refractivity contribution >= 4 is 28.1 Å². The van der Waals surface area contributed by atoms with Crippen LogP contribution in [0.1, 0.15) is 46.9 Å². The Kier molecular flexibility index (Phi) is 5.68. The molecule has 6 heteroatoms. The number of hydrogen-bond acceptors (Lipinski definition) is 6. The van der Waals surface area contributed by atoms with E-state index in [0.29, 0.717) is 11.4 Å². The van der Waals surface area contributed by atoms with E-state index in [1.807, 2.05) is 31.3 Å². The molecule has 156 valence electrons. The summed E-state index contributed by atoms with van der Waals surface area (Å²) in [5.74, 6) is -0.0914. The molecule has 4 N–H and O–H groups in total. The van der Waals surface area contributed by atoms with Crippen LogP contribution in [0.5, 0.6) is 0 Å². The van der Waals surface area contributed by atoms with Gasteiger partial charge in [-0.05, 0) is 49.4 Å². The number of hydrogen-bond donors (Lipinski definition) is 2. The van der Waals surface area contributed by atoms with Crippen LogP contribution in [0, 0.1) is 6.92 Å². The Labute approximate surface area is 177 Å². The molecule has 0 saturated carbocycles. The van der Waals surface area contributed by atoms with Gasteiger partial charge in [0.05, 0.1) is 11.2 Å². The molecule has 1 aromatic carbocycles. The fourth-order valence-corrected chi connectivity index (χ4v) is 4.34. The number of rotatable bonds is 5. The summed E-state index contributed by atoms with van der Waals surface area (Å²) in [6, 6.07) is 8.10. The summed E-state index contributed by atoms with van der Waals surface area (Å²) in [6.45, 7) is 5.87. The first-order valence-corrected chi connectivity index (χ1v) is 10.6. The average molecular weight is 404 g/mol. The fourth-order valence-electron chi connectivity index (χ4n) is 4.34. The summed E-state index contributed by atoms with van der Waals surface area (Å²) in [6.07, 6.45) is 6.85. The second-order valence-electron chi connectivity index (χ2n) is 8.22. The van der Waals surface area contributed by atoms with Gasteiger partial charge >= 0.3 is 0 Å². The van der Waals surface area contributed by atoms with Crippen molar-refractivity contribution in [3.63, 3.8) is 0 Å². The van der Waals surface area contributed by atoms with Crippen molar-refractivity contribution in [2.45, 2.75) is 45.6 Å². The minimum atomic E-state index is -0.0914. The number of nitrogen functional groups attached to an aromatic ring is 1. The van der Waals surface area contributed by atoms with E-state index in [0.717, 1.165) is 60.1 Å². The molecule has 0 spiro atoms. The molecule has 0 amide bonds. The van der Waals surface area contributed by atoms with Crippen LogP contribution in [0.25, 0.3) is 10.9 Å². The number of nitrogens with two attached hydrogens (primary N) is 2. The first-order chi connectivity index (χ1) is 14.5. The predicted octanol–water partition coefficient (Wildman–Crippen LogP) is 3.44. The molecule has 0 aliphatic carbocycles. The normalized spacial score (nSPS) is 16.8. The van der Waals surface area contributed by atoms with Crippen LogP contribution in [0.15, 0.2) is 36.7 Å². The zero-order chi connectivity index (χ0) is 21.3. The molecule has 30 heavy (non-hydrogen) atoms. The van der Waals surface area contributed by atoms with Crippen molar-refractivity contribution in [3.8, 4) is 0 Å². The molecule has 1 aliphatic heterocycles. The number of fused-ring (bicyclic) bond motifs is 1. The highest BCUT2D eigenvalue weighted by atomic mass is 16.1. The van der Waals surface area contributed by atoms with Crippen molar-refractivity contribution < 1.29 is 4.79 Å². The number of anilines is 2. The van der Waals surface area contributed by atoms with E-state index in [2.05, 4.69) is 27.9 Å². The number of aryl methyl sites for hydroxylation is 2. The van der Waals surface area contributed by atoms with E-state index in [-0.39, 0.29) is 18.2 Å². The smallest absolute Gasteiger partial charge is 0.187 e. The van der Waals surface area contributed by atoms with Gasteiger partial charge in [0.1, 0.15) is 5.69 Å². The van der Waals surface area contributed by atoms with Crippen LogP contribution >= 0.6 is 0 Å². The molecular weight excluding hydrogens is 374 g/mol. The zero-order valence-electron chi connectivity index (χ0n) is 17.7. The molecule has 4 rings (SSSR count). The van der Waals surface area contributed by atoms with E-state index >= 15 is 0 Å². The number of Topliss-reactive ketones (excluding diaryl/α,β-unsaturated/α-hetero) is 1. The maximum Gasteiger partial charge on any atom is 0.187 e. The molecule has 1 fully saturated rings. The number of ketones is 1. The van der Waals surface area contributed by atoms with E-state index in [1.165, 1.54) is 5.56 Å². The summed E-state index contributed by atoms with van der Waals surface area (Å²) in [7, 11) is 0. The van der Waals surface area contributed by atoms with Gasteiger partial charge in [0.2, 0.25) is 0 Å². The number of aromatic nitrogens is 2. The molecule has 0 bridgehead atoms. The lowest BCUT2D eigenvalue weighted by atomic mass is 9.99. The van der Waals surface area contributed by atoms with Crippen molar-refractivity contribution in [1.29, 1.82) is 0 Å². The van der Waals surface area contributed by atoms with Gasteiger partial charge in [-0.3, -0.25) is 9.78 Å². The topological polar surface area (TPSA) is 98.1 Å². The average Bonchev–Trinajstić information content (AvgIpc) is 2.73. The number of carbonyl (C=O) groups excluding carboxylic acids is 1. The lowest BCUT2D eigenvalue weighted by Gasteiger charge is -2.34. The van der Waals surface area contributed by atoms with Gasteiger partial charge < -0.3 is 16.4 Å². The van der Waals surface area contributed by atoms with Gasteiger partial charge in [-0.2, -0.15) is 0 Å². The third kappa shape index (κ3) is 4.00. The van der Waals surface area contributed by atoms with E-state index in [1.54, 1.807) is 6.20 Å². The Bertz CT molecular complexity index is 1090. The number of pyridine rings is 2. The maximum atomic E-state index is 13.2. The molecular formula is C24H29N5O. The SMILES string of the molecule is CCc1ccc2cc(N)c(C(=O)Cc3cncc(C)c3N3CCC[C@H](N)C3)nc2c1. The number of nitrogens with zero attached hydrogens (tertiary/aromatic N) is 3. The number of benzene rings is 1. The Morgan fingerprint density at radius 2 is 2.10 bits per heavy atom. The Hall–Kier alpha value is -2.99. The highest BCUT2D eigenvalue weighted by molar-refractivity contribution is 6.03. The van der Waals surface area contributed by atoms with E-state index in [9.17, 15) is 4.79 Å². The molecule has 0 radical (unpaired) electrons. The van der Waals surface area contributed by atoms with Gasteiger partial charge in [0, 0.05) is 54.6 Å². The molecule has 1 saturated heterocycles. The van der Waals surface area contributed by atoms with E-state index in [4.69, 9.17) is 11.5 Å². The molecule has 2 aromatic heterocycles. The zero-order valence-corrected chi connectivity index (χ0v) is 17.7. The lowest BCUT2D eigenvalue weighted by molar-refractivity contribution is 0.0989. The molecule has 1 atom stereocenters. The van der Waals surface area contributed by atoms with Crippen molar-refractivity contribution in [2.75, 3.05) is 23.7 Å². The van der Waals surface area contributed by atoms with Crippen molar-refractivity contribution in [2.24, 2.45) is 5.73 Å².